The molecule has 0 aromatic heterocycles. The van der Waals surface area contributed by atoms with Gasteiger partial charge < -0.3 is 19.7 Å². The van der Waals surface area contributed by atoms with Crippen LogP contribution in [0.4, 0.5) is 0 Å². The molecule has 2 aromatic carbocycles. The van der Waals surface area contributed by atoms with Crippen molar-refractivity contribution in [1.29, 1.82) is 0 Å². The van der Waals surface area contributed by atoms with Crippen LogP contribution in [0.25, 0.3) is 0 Å². The lowest BCUT2D eigenvalue weighted by Crippen LogP contribution is -2.26. The predicted octanol–water partition coefficient (Wildman–Crippen LogP) is 4.40. The molecular weight excluding hydrogens is 352 g/mol. The Bertz CT molecular complexity index is 710. The summed E-state index contributed by atoms with van der Waals surface area (Å²) in [7, 11) is 0. The first kappa shape index (κ1) is 22.3. The van der Waals surface area contributed by atoms with Crippen molar-refractivity contribution in [2.75, 3.05) is 26.4 Å². The van der Waals surface area contributed by atoms with Crippen molar-refractivity contribution in [1.82, 2.24) is 0 Å². The molecule has 0 fully saturated rings. The molecule has 0 bridgehead atoms. The summed E-state index contributed by atoms with van der Waals surface area (Å²) in [6, 6.07) is 12.7. The summed E-state index contributed by atoms with van der Waals surface area (Å²) in [6.45, 7) is 11.5. The molecule has 0 spiro atoms. The number of aryl methyl sites for hydroxylation is 2. The Kier molecular flexibility index (Phi) is 7.90. The van der Waals surface area contributed by atoms with E-state index in [4.69, 9.17) is 19.7 Å². The summed E-state index contributed by atoms with van der Waals surface area (Å²) in [6.07, 6.45) is 1.01. The van der Waals surface area contributed by atoms with E-state index in [0.29, 0.717) is 19.1 Å². The highest BCUT2D eigenvalue weighted by atomic mass is 16.5. The molecule has 0 unspecified atom stereocenters. The molecule has 0 amide bonds. The van der Waals surface area contributed by atoms with Crippen LogP contribution in [0.2, 0.25) is 0 Å². The van der Waals surface area contributed by atoms with Crippen LogP contribution in [0.5, 0.6) is 11.5 Å². The van der Waals surface area contributed by atoms with E-state index in [9.17, 15) is 0 Å². The molecular formula is C24H34O4. The second kappa shape index (κ2) is 9.94. The molecule has 0 saturated carbocycles. The molecule has 0 aliphatic rings. The van der Waals surface area contributed by atoms with Gasteiger partial charge in [0.05, 0.1) is 13.2 Å². The number of ether oxygens (including phenoxy) is 2. The van der Waals surface area contributed by atoms with Crippen LogP contribution in [0, 0.1) is 19.8 Å². The van der Waals surface area contributed by atoms with Gasteiger partial charge in [0.1, 0.15) is 24.7 Å². The van der Waals surface area contributed by atoms with Gasteiger partial charge in [-0.05, 0) is 60.6 Å². The second-order valence-electron chi connectivity index (χ2n) is 8.03. The number of hydrogen-bond donors (Lipinski definition) is 2. The fourth-order valence-corrected chi connectivity index (χ4v) is 3.84. The maximum atomic E-state index is 9.00. The number of hydrogen-bond acceptors (Lipinski definition) is 4. The fraction of sp³-hybridized carbons (Fsp3) is 0.500. The molecule has 4 nitrogen and oxygen atoms in total. The molecule has 0 heterocycles. The number of rotatable bonds is 10. The van der Waals surface area contributed by atoms with Crippen molar-refractivity contribution in [2.24, 2.45) is 5.92 Å². The van der Waals surface area contributed by atoms with Crippen LogP contribution in [-0.4, -0.2) is 36.6 Å². The van der Waals surface area contributed by atoms with E-state index in [1.54, 1.807) is 0 Å². The summed E-state index contributed by atoms with van der Waals surface area (Å²) < 4.78 is 11.3. The average Bonchev–Trinajstić information content (AvgIpc) is 2.65. The van der Waals surface area contributed by atoms with Crippen LogP contribution >= 0.6 is 0 Å². The maximum absolute atomic E-state index is 9.00. The smallest absolute Gasteiger partial charge is 0.122 e. The minimum Gasteiger partial charge on any atom is -0.491 e. The molecule has 2 N–H and O–H groups in total. The van der Waals surface area contributed by atoms with Gasteiger partial charge in [-0.1, -0.05) is 45.0 Å². The van der Waals surface area contributed by atoms with Gasteiger partial charge in [-0.2, -0.15) is 0 Å². The summed E-state index contributed by atoms with van der Waals surface area (Å²) in [4.78, 5) is 0. The lowest BCUT2D eigenvalue weighted by Gasteiger charge is -2.34. The van der Waals surface area contributed by atoms with Crippen molar-refractivity contribution in [2.45, 2.75) is 46.5 Å². The number of benzene rings is 2. The van der Waals surface area contributed by atoms with Gasteiger partial charge in [-0.3, -0.25) is 0 Å². The largest absolute Gasteiger partial charge is 0.491 e. The normalized spacial score (nSPS) is 11.7. The summed E-state index contributed by atoms with van der Waals surface area (Å²) in [5.41, 5.74) is 4.49. The zero-order valence-corrected chi connectivity index (χ0v) is 17.8. The Morgan fingerprint density at radius 2 is 1.25 bits per heavy atom. The van der Waals surface area contributed by atoms with Crippen molar-refractivity contribution in [3.05, 3.63) is 58.7 Å². The second-order valence-corrected chi connectivity index (χ2v) is 8.03. The monoisotopic (exact) mass is 386 g/mol. The van der Waals surface area contributed by atoms with Gasteiger partial charge in [0.2, 0.25) is 0 Å². The Morgan fingerprint density at radius 1 is 0.821 bits per heavy atom. The van der Waals surface area contributed by atoms with E-state index in [0.717, 1.165) is 29.0 Å². The van der Waals surface area contributed by atoms with Gasteiger partial charge in [0.15, 0.2) is 0 Å². The highest BCUT2D eigenvalue weighted by molar-refractivity contribution is 5.47. The van der Waals surface area contributed by atoms with E-state index in [1.165, 1.54) is 11.1 Å². The fourth-order valence-electron chi connectivity index (χ4n) is 3.84. The third kappa shape index (κ3) is 5.27. The van der Waals surface area contributed by atoms with Gasteiger partial charge in [0, 0.05) is 5.41 Å². The summed E-state index contributed by atoms with van der Waals surface area (Å²) >= 11 is 0. The topological polar surface area (TPSA) is 58.9 Å². The molecule has 4 heteroatoms. The van der Waals surface area contributed by atoms with Crippen molar-refractivity contribution >= 4 is 0 Å². The predicted molar refractivity (Wildman–Crippen MR) is 113 cm³/mol. The minimum atomic E-state index is -0.144. The highest BCUT2D eigenvalue weighted by Crippen LogP contribution is 2.40. The van der Waals surface area contributed by atoms with E-state index in [-0.39, 0.29) is 18.6 Å². The maximum Gasteiger partial charge on any atom is 0.122 e. The van der Waals surface area contributed by atoms with Crippen LogP contribution in [0.1, 0.15) is 49.4 Å². The number of aliphatic hydroxyl groups is 2. The first-order valence-electron chi connectivity index (χ1n) is 10.0. The molecule has 0 aliphatic carbocycles. The Balaban J connectivity index is 2.44. The van der Waals surface area contributed by atoms with E-state index in [1.807, 2.05) is 26.0 Å². The summed E-state index contributed by atoms with van der Waals surface area (Å²) in [5.74, 6) is 2.16. The molecule has 0 aliphatic heterocycles. The van der Waals surface area contributed by atoms with Gasteiger partial charge in [-0.15, -0.1) is 0 Å². The van der Waals surface area contributed by atoms with Gasteiger partial charge in [-0.25, -0.2) is 0 Å². The Hall–Kier alpha value is -2.04. The molecule has 28 heavy (non-hydrogen) atoms. The Labute approximate surface area is 169 Å². The third-order valence-electron chi connectivity index (χ3n) is 5.14. The van der Waals surface area contributed by atoms with E-state index < -0.39 is 0 Å². The van der Waals surface area contributed by atoms with E-state index >= 15 is 0 Å². The minimum absolute atomic E-state index is 0.0102. The molecule has 2 aromatic rings. The third-order valence-corrected chi connectivity index (χ3v) is 5.14. The SMILES string of the molecule is Cc1cc(C(C)(CC(C)C)c2ccc(OCCO)c(C)c2)ccc1OCCO. The summed E-state index contributed by atoms with van der Waals surface area (Å²) in [5, 5.41) is 18.0. The quantitative estimate of drug-likeness (QED) is 0.635. The highest BCUT2D eigenvalue weighted by Gasteiger charge is 2.31. The molecule has 0 radical (unpaired) electrons. The molecule has 0 atom stereocenters. The van der Waals surface area contributed by atoms with Crippen LogP contribution < -0.4 is 9.47 Å². The lowest BCUT2D eigenvalue weighted by atomic mass is 9.70. The zero-order chi connectivity index (χ0) is 20.7. The first-order valence-corrected chi connectivity index (χ1v) is 10.0. The van der Waals surface area contributed by atoms with Crippen LogP contribution in [0.15, 0.2) is 36.4 Å². The molecule has 2 rings (SSSR count). The zero-order valence-electron chi connectivity index (χ0n) is 17.8. The van der Waals surface area contributed by atoms with Crippen LogP contribution in [-0.2, 0) is 5.41 Å². The van der Waals surface area contributed by atoms with Gasteiger partial charge in [0.25, 0.3) is 0 Å². The van der Waals surface area contributed by atoms with Crippen molar-refractivity contribution in [3.8, 4) is 11.5 Å². The van der Waals surface area contributed by atoms with Crippen LogP contribution in [0.3, 0.4) is 0 Å². The molecule has 154 valence electrons. The van der Waals surface area contributed by atoms with Crippen molar-refractivity contribution in [3.63, 3.8) is 0 Å². The van der Waals surface area contributed by atoms with E-state index in [2.05, 4.69) is 45.0 Å². The van der Waals surface area contributed by atoms with Gasteiger partial charge >= 0.3 is 0 Å². The van der Waals surface area contributed by atoms with Crippen molar-refractivity contribution < 1.29 is 19.7 Å². The number of aliphatic hydroxyl groups excluding tert-OH is 2. The average molecular weight is 387 g/mol. The Morgan fingerprint density at radius 3 is 1.57 bits per heavy atom. The molecule has 0 saturated heterocycles. The lowest BCUT2D eigenvalue weighted by molar-refractivity contribution is 0.200. The first-order chi connectivity index (χ1) is 13.3. The standard InChI is InChI=1S/C24H34O4/c1-17(2)16-24(5,20-6-8-22(18(3)14-20)27-12-10-25)21-7-9-23(19(4)15-21)28-13-11-26/h6-9,14-15,17,25-26H,10-13,16H2,1-5H3.